The molecule has 8 heteroatoms. The van der Waals surface area contributed by atoms with Crippen molar-refractivity contribution in [1.29, 1.82) is 0 Å². The number of benzene rings is 2. The summed E-state index contributed by atoms with van der Waals surface area (Å²) in [6, 6.07) is 18.6. The van der Waals surface area contributed by atoms with Crippen LogP contribution in [0.1, 0.15) is 25.7 Å². The second kappa shape index (κ2) is 8.38. The van der Waals surface area contributed by atoms with Crippen LogP contribution in [0.25, 0.3) is 28.2 Å². The normalized spacial score (nSPS) is 14.1. The molecule has 3 N–H and O–H groups in total. The largest absolute Gasteiger partial charge is 0.367 e. The Labute approximate surface area is 191 Å². The maximum atomic E-state index is 4.71. The quantitative estimate of drug-likeness (QED) is 0.334. The fourth-order valence-corrected chi connectivity index (χ4v) is 4.37. The van der Waals surface area contributed by atoms with E-state index in [1.54, 1.807) is 12.5 Å². The van der Waals surface area contributed by atoms with Crippen LogP contribution in [0.15, 0.2) is 73.3 Å². The lowest BCUT2D eigenvalue weighted by Crippen LogP contribution is -2.16. The standard InChI is InChI=1S/C25H24N8/c1-2-6-17(7-3-1)24-31-20-11-10-19(14-21(20)32-24)30-25-26-12-13-33(25)23-15-22(27-16-28-23)29-18-8-4-5-9-18/h1-3,6-7,10-16,18H,4-5,8-9H2,(H,26,30)(H,31,32)(H,27,28,29). The Morgan fingerprint density at radius 3 is 2.70 bits per heavy atom. The first-order valence-electron chi connectivity index (χ1n) is 11.3. The molecule has 0 bridgehead atoms. The molecule has 0 atom stereocenters. The van der Waals surface area contributed by atoms with Gasteiger partial charge in [0.15, 0.2) is 0 Å². The van der Waals surface area contributed by atoms with Gasteiger partial charge >= 0.3 is 0 Å². The highest BCUT2D eigenvalue weighted by molar-refractivity contribution is 5.83. The fourth-order valence-electron chi connectivity index (χ4n) is 4.37. The molecule has 0 saturated heterocycles. The molecule has 1 saturated carbocycles. The number of aromatic nitrogens is 6. The minimum atomic E-state index is 0.495. The van der Waals surface area contributed by atoms with E-state index in [9.17, 15) is 0 Å². The zero-order valence-corrected chi connectivity index (χ0v) is 18.1. The Kier molecular flexibility index (Phi) is 4.95. The van der Waals surface area contributed by atoms with Crippen molar-refractivity contribution in [1.82, 2.24) is 29.5 Å². The van der Waals surface area contributed by atoms with Gasteiger partial charge in [0.2, 0.25) is 5.95 Å². The number of hydrogen-bond acceptors (Lipinski definition) is 6. The molecule has 33 heavy (non-hydrogen) atoms. The summed E-state index contributed by atoms with van der Waals surface area (Å²) >= 11 is 0. The maximum absolute atomic E-state index is 4.71. The number of fused-ring (bicyclic) bond motifs is 1. The first kappa shape index (κ1) is 19.5. The number of imidazole rings is 2. The molecule has 0 aliphatic heterocycles. The zero-order valence-electron chi connectivity index (χ0n) is 18.1. The molecule has 0 radical (unpaired) electrons. The van der Waals surface area contributed by atoms with Crippen molar-refractivity contribution < 1.29 is 0 Å². The molecule has 8 nitrogen and oxygen atoms in total. The fraction of sp³-hybridized carbons (Fsp3) is 0.200. The third-order valence-electron chi connectivity index (χ3n) is 6.03. The number of aromatic amines is 1. The zero-order chi connectivity index (χ0) is 22.0. The van der Waals surface area contributed by atoms with Crippen LogP contribution in [0.2, 0.25) is 0 Å². The van der Waals surface area contributed by atoms with E-state index in [1.165, 1.54) is 25.7 Å². The van der Waals surface area contributed by atoms with Crippen LogP contribution < -0.4 is 10.6 Å². The Balaban J connectivity index is 1.25. The summed E-state index contributed by atoms with van der Waals surface area (Å²) < 4.78 is 1.92. The van der Waals surface area contributed by atoms with E-state index in [2.05, 4.69) is 30.6 Å². The van der Waals surface area contributed by atoms with E-state index < -0.39 is 0 Å². The van der Waals surface area contributed by atoms with Gasteiger partial charge in [-0.2, -0.15) is 0 Å². The van der Waals surface area contributed by atoms with E-state index >= 15 is 0 Å². The lowest BCUT2D eigenvalue weighted by molar-refractivity contribution is 0.749. The Hall–Kier alpha value is -4.20. The molecular weight excluding hydrogens is 412 g/mol. The van der Waals surface area contributed by atoms with Gasteiger partial charge in [0, 0.05) is 35.8 Å². The van der Waals surface area contributed by atoms with Gasteiger partial charge in [-0.15, -0.1) is 0 Å². The number of rotatable bonds is 6. The summed E-state index contributed by atoms with van der Waals surface area (Å²) in [5.41, 5.74) is 3.85. The van der Waals surface area contributed by atoms with E-state index in [0.29, 0.717) is 12.0 Å². The van der Waals surface area contributed by atoms with Crippen molar-refractivity contribution in [3.05, 3.63) is 73.3 Å². The molecule has 6 rings (SSSR count). The van der Waals surface area contributed by atoms with Crippen molar-refractivity contribution >= 4 is 28.5 Å². The predicted molar refractivity (Wildman–Crippen MR) is 130 cm³/mol. The van der Waals surface area contributed by atoms with E-state index in [1.807, 2.05) is 65.4 Å². The summed E-state index contributed by atoms with van der Waals surface area (Å²) in [6.45, 7) is 0. The van der Waals surface area contributed by atoms with Gasteiger partial charge in [0.25, 0.3) is 0 Å². The molecule has 3 heterocycles. The van der Waals surface area contributed by atoms with E-state index in [4.69, 9.17) is 4.98 Å². The molecule has 1 fully saturated rings. The first-order valence-corrected chi connectivity index (χ1v) is 11.3. The Bertz CT molecular complexity index is 1380. The average molecular weight is 437 g/mol. The smallest absolute Gasteiger partial charge is 0.213 e. The molecule has 0 amide bonds. The van der Waals surface area contributed by atoms with Gasteiger partial charge in [-0.05, 0) is 31.0 Å². The molecule has 1 aliphatic carbocycles. The minimum Gasteiger partial charge on any atom is -0.367 e. The van der Waals surface area contributed by atoms with Crippen molar-refractivity contribution in [2.75, 3.05) is 10.6 Å². The third-order valence-corrected chi connectivity index (χ3v) is 6.03. The highest BCUT2D eigenvalue weighted by atomic mass is 15.2. The topological polar surface area (TPSA) is 96.3 Å². The second-order valence-corrected chi connectivity index (χ2v) is 8.32. The lowest BCUT2D eigenvalue weighted by Gasteiger charge is -2.14. The molecular formula is C25H24N8. The monoisotopic (exact) mass is 436 g/mol. The average Bonchev–Trinajstić information content (AvgIpc) is 3.61. The van der Waals surface area contributed by atoms with Gasteiger partial charge in [-0.3, -0.25) is 4.57 Å². The summed E-state index contributed by atoms with van der Waals surface area (Å²) in [5.74, 6) is 3.15. The van der Waals surface area contributed by atoms with Crippen molar-refractivity contribution in [2.45, 2.75) is 31.7 Å². The number of anilines is 3. The minimum absolute atomic E-state index is 0.495. The van der Waals surface area contributed by atoms with Gasteiger partial charge < -0.3 is 15.6 Å². The molecule has 0 unspecified atom stereocenters. The highest BCUT2D eigenvalue weighted by Gasteiger charge is 2.16. The molecule has 0 spiro atoms. The molecule has 1 aliphatic rings. The summed E-state index contributed by atoms with van der Waals surface area (Å²) in [7, 11) is 0. The lowest BCUT2D eigenvalue weighted by atomic mass is 10.2. The Morgan fingerprint density at radius 2 is 1.82 bits per heavy atom. The molecule has 3 aromatic heterocycles. The van der Waals surface area contributed by atoms with Crippen LogP contribution in [0, 0.1) is 0 Å². The van der Waals surface area contributed by atoms with Crippen molar-refractivity contribution in [2.24, 2.45) is 0 Å². The second-order valence-electron chi connectivity index (χ2n) is 8.32. The number of nitrogens with zero attached hydrogens (tertiary/aromatic N) is 5. The first-order chi connectivity index (χ1) is 16.3. The molecule has 5 aromatic rings. The highest BCUT2D eigenvalue weighted by Crippen LogP contribution is 2.26. The number of H-pyrrole nitrogens is 1. The van der Waals surface area contributed by atoms with Gasteiger partial charge in [0.1, 0.15) is 23.8 Å². The SMILES string of the molecule is c1ccc(-c2nc3ccc(Nc4nccn4-c4cc(NC5CCCC5)ncn4)cc3[nH]2)cc1. The van der Waals surface area contributed by atoms with Gasteiger partial charge in [-0.1, -0.05) is 43.2 Å². The number of nitrogens with one attached hydrogen (secondary N) is 3. The maximum Gasteiger partial charge on any atom is 0.213 e. The molecule has 164 valence electrons. The van der Waals surface area contributed by atoms with Crippen LogP contribution in [0.5, 0.6) is 0 Å². The van der Waals surface area contributed by atoms with Gasteiger partial charge in [0.05, 0.1) is 11.0 Å². The van der Waals surface area contributed by atoms with Crippen LogP contribution in [0.4, 0.5) is 17.5 Å². The van der Waals surface area contributed by atoms with Crippen LogP contribution in [-0.2, 0) is 0 Å². The van der Waals surface area contributed by atoms with Crippen LogP contribution in [0.3, 0.4) is 0 Å². The summed E-state index contributed by atoms with van der Waals surface area (Å²) in [5, 5.41) is 6.94. The molecule has 2 aromatic carbocycles. The van der Waals surface area contributed by atoms with Crippen molar-refractivity contribution in [3.63, 3.8) is 0 Å². The number of hydrogen-bond donors (Lipinski definition) is 3. The predicted octanol–water partition coefficient (Wildman–Crippen LogP) is 5.30. The van der Waals surface area contributed by atoms with Gasteiger partial charge in [-0.25, -0.2) is 19.9 Å². The van der Waals surface area contributed by atoms with Crippen molar-refractivity contribution in [3.8, 4) is 17.2 Å². The third kappa shape index (κ3) is 4.03. The van der Waals surface area contributed by atoms with E-state index in [0.717, 1.165) is 39.7 Å². The Morgan fingerprint density at radius 1 is 0.939 bits per heavy atom. The van der Waals surface area contributed by atoms with Crippen LogP contribution >= 0.6 is 0 Å². The van der Waals surface area contributed by atoms with E-state index in [-0.39, 0.29) is 0 Å². The summed E-state index contributed by atoms with van der Waals surface area (Å²) in [6.07, 6.45) is 10.2. The summed E-state index contributed by atoms with van der Waals surface area (Å²) in [4.78, 5) is 21.5. The van der Waals surface area contributed by atoms with Crippen LogP contribution in [-0.4, -0.2) is 35.5 Å².